The zero-order valence-corrected chi connectivity index (χ0v) is 18.5. The van der Waals surface area contributed by atoms with Gasteiger partial charge in [-0.25, -0.2) is 13.3 Å². The van der Waals surface area contributed by atoms with Gasteiger partial charge in [-0.15, -0.1) is 11.8 Å². The van der Waals surface area contributed by atoms with Crippen molar-refractivity contribution in [3.63, 3.8) is 0 Å². The third-order valence-corrected chi connectivity index (χ3v) is 7.44. The Balaban J connectivity index is 1.45. The molecular weight excluding hydrogens is 456 g/mol. The van der Waals surface area contributed by atoms with Gasteiger partial charge in [-0.2, -0.15) is 0 Å². The number of thioether (sulfide) groups is 1. The number of nitrogens with one attached hydrogen (secondary N) is 1. The summed E-state index contributed by atoms with van der Waals surface area (Å²) in [6.45, 7) is 0. The Bertz CT molecular complexity index is 1230. The molecule has 2 amide bonds. The largest absolute Gasteiger partial charge is 0.280 e. The second-order valence-corrected chi connectivity index (χ2v) is 10.2. The molecule has 0 bridgehead atoms. The normalized spacial score (nSPS) is 16.5. The molecule has 1 aliphatic heterocycles. The average molecular weight is 473 g/mol. The molecule has 0 unspecified atom stereocenters. The van der Waals surface area contributed by atoms with Gasteiger partial charge in [0.1, 0.15) is 0 Å². The Morgan fingerprint density at radius 1 is 0.935 bits per heavy atom. The van der Waals surface area contributed by atoms with E-state index in [9.17, 15) is 18.0 Å². The molecule has 1 atom stereocenters. The van der Waals surface area contributed by atoms with Crippen molar-refractivity contribution in [3.05, 3.63) is 83.9 Å². The van der Waals surface area contributed by atoms with Crippen LogP contribution in [0.25, 0.3) is 0 Å². The van der Waals surface area contributed by atoms with Crippen LogP contribution in [0.4, 0.5) is 11.4 Å². The number of imide groups is 1. The Kier molecular flexibility index (Phi) is 6.04. The fourth-order valence-electron chi connectivity index (χ4n) is 3.16. The molecular formula is C22H17ClN2O4S2. The third-order valence-electron chi connectivity index (χ3n) is 4.61. The van der Waals surface area contributed by atoms with Crippen LogP contribution in [-0.2, 0) is 19.6 Å². The predicted octanol–water partition coefficient (Wildman–Crippen LogP) is 4.57. The molecule has 0 aliphatic carbocycles. The van der Waals surface area contributed by atoms with Crippen LogP contribution in [0.5, 0.6) is 0 Å². The van der Waals surface area contributed by atoms with Gasteiger partial charge in [-0.3, -0.25) is 14.3 Å². The summed E-state index contributed by atoms with van der Waals surface area (Å²) in [5.41, 5.74) is 0.860. The van der Waals surface area contributed by atoms with Crippen LogP contribution in [0, 0.1) is 0 Å². The van der Waals surface area contributed by atoms with Crippen molar-refractivity contribution in [2.24, 2.45) is 0 Å². The highest BCUT2D eigenvalue weighted by Gasteiger charge is 2.40. The maximum Gasteiger partial charge on any atom is 0.261 e. The van der Waals surface area contributed by atoms with E-state index < -0.39 is 15.3 Å². The van der Waals surface area contributed by atoms with E-state index in [1.54, 1.807) is 66.7 Å². The van der Waals surface area contributed by atoms with E-state index in [-0.39, 0.29) is 23.1 Å². The van der Waals surface area contributed by atoms with Crippen molar-refractivity contribution >= 4 is 56.6 Å². The van der Waals surface area contributed by atoms with Gasteiger partial charge in [-0.05, 0) is 54.6 Å². The van der Waals surface area contributed by atoms with Crippen molar-refractivity contribution in [1.82, 2.24) is 0 Å². The average Bonchev–Trinajstić information content (AvgIpc) is 3.03. The minimum Gasteiger partial charge on any atom is -0.280 e. The van der Waals surface area contributed by atoms with E-state index in [1.165, 1.54) is 23.9 Å². The molecule has 31 heavy (non-hydrogen) atoms. The predicted molar refractivity (Wildman–Crippen MR) is 122 cm³/mol. The van der Waals surface area contributed by atoms with Crippen molar-refractivity contribution in [2.75, 3.05) is 9.62 Å². The number of benzene rings is 3. The summed E-state index contributed by atoms with van der Waals surface area (Å²) in [7, 11) is -3.68. The summed E-state index contributed by atoms with van der Waals surface area (Å²) >= 11 is 7.25. The van der Waals surface area contributed by atoms with E-state index in [1.807, 2.05) is 0 Å². The lowest BCUT2D eigenvalue weighted by molar-refractivity contribution is -0.121. The molecule has 0 aromatic heterocycles. The van der Waals surface area contributed by atoms with Crippen LogP contribution in [0.2, 0.25) is 5.02 Å². The highest BCUT2D eigenvalue weighted by Crippen LogP contribution is 2.35. The van der Waals surface area contributed by atoms with Gasteiger partial charge in [0.15, 0.2) is 0 Å². The van der Waals surface area contributed by atoms with Gasteiger partial charge >= 0.3 is 0 Å². The first-order chi connectivity index (χ1) is 14.8. The monoisotopic (exact) mass is 472 g/mol. The van der Waals surface area contributed by atoms with E-state index in [2.05, 4.69) is 4.72 Å². The molecule has 1 N–H and O–H groups in total. The minimum atomic E-state index is -3.68. The zero-order valence-electron chi connectivity index (χ0n) is 16.1. The number of carbonyl (C=O) groups is 2. The highest BCUT2D eigenvalue weighted by molar-refractivity contribution is 8.00. The number of halogens is 1. The minimum absolute atomic E-state index is 0.0817. The maximum atomic E-state index is 12.8. The molecule has 1 aliphatic rings. The lowest BCUT2D eigenvalue weighted by Crippen LogP contribution is -2.31. The van der Waals surface area contributed by atoms with Crippen LogP contribution in [0.1, 0.15) is 6.42 Å². The van der Waals surface area contributed by atoms with E-state index in [0.29, 0.717) is 16.4 Å². The highest BCUT2D eigenvalue weighted by atomic mass is 35.5. The summed E-state index contributed by atoms with van der Waals surface area (Å²) < 4.78 is 27.4. The lowest BCUT2D eigenvalue weighted by atomic mass is 10.3. The Labute approximate surface area is 189 Å². The topological polar surface area (TPSA) is 83.5 Å². The van der Waals surface area contributed by atoms with Crippen LogP contribution in [0.15, 0.2) is 88.7 Å². The molecule has 1 heterocycles. The molecule has 1 saturated heterocycles. The molecule has 3 aromatic carbocycles. The second kappa shape index (κ2) is 8.74. The molecule has 158 valence electrons. The first-order valence-electron chi connectivity index (χ1n) is 9.30. The van der Waals surface area contributed by atoms with Crippen molar-refractivity contribution < 1.29 is 18.0 Å². The van der Waals surface area contributed by atoms with Gasteiger partial charge in [0.2, 0.25) is 11.8 Å². The third kappa shape index (κ3) is 4.76. The van der Waals surface area contributed by atoms with E-state index in [0.717, 1.165) is 9.80 Å². The standard InChI is InChI=1S/C22H17ClN2O4S2/c23-15-5-4-6-17(13-15)25-21(26)14-20(22(25)27)30-18-11-9-16(10-12-18)24-31(28,29)19-7-2-1-3-8-19/h1-13,20,24H,14H2/t20-/m1/s1. The van der Waals surface area contributed by atoms with Gasteiger partial charge in [0.05, 0.1) is 15.8 Å². The van der Waals surface area contributed by atoms with Gasteiger partial charge < -0.3 is 0 Å². The smallest absolute Gasteiger partial charge is 0.261 e. The number of nitrogens with zero attached hydrogens (tertiary/aromatic N) is 1. The van der Waals surface area contributed by atoms with Crippen LogP contribution < -0.4 is 9.62 Å². The number of hydrogen-bond acceptors (Lipinski definition) is 5. The lowest BCUT2D eigenvalue weighted by Gasteiger charge is -2.15. The number of carbonyl (C=O) groups excluding carboxylic acids is 2. The van der Waals surface area contributed by atoms with Crippen molar-refractivity contribution in [3.8, 4) is 0 Å². The molecule has 3 aromatic rings. The Morgan fingerprint density at radius 3 is 2.32 bits per heavy atom. The Morgan fingerprint density at radius 2 is 1.65 bits per heavy atom. The summed E-state index contributed by atoms with van der Waals surface area (Å²) in [5.74, 6) is -0.580. The second-order valence-electron chi connectivity index (χ2n) is 6.80. The fraction of sp³-hybridized carbons (Fsp3) is 0.0909. The quantitative estimate of drug-likeness (QED) is 0.531. The SMILES string of the molecule is O=C1C[C@@H](Sc2ccc(NS(=O)(=O)c3ccccc3)cc2)C(=O)N1c1cccc(Cl)c1. The molecule has 0 spiro atoms. The molecule has 0 radical (unpaired) electrons. The summed E-state index contributed by atoms with van der Waals surface area (Å²) in [6.07, 6.45) is 0.0817. The Hall–Kier alpha value is -2.81. The van der Waals surface area contributed by atoms with Crippen LogP contribution >= 0.6 is 23.4 Å². The number of hydrogen-bond donors (Lipinski definition) is 1. The van der Waals surface area contributed by atoms with E-state index in [4.69, 9.17) is 11.6 Å². The first kappa shape index (κ1) is 21.4. The first-order valence-corrected chi connectivity index (χ1v) is 12.0. The van der Waals surface area contributed by atoms with Crippen molar-refractivity contribution in [2.45, 2.75) is 21.5 Å². The molecule has 1 fully saturated rings. The summed E-state index contributed by atoms with van der Waals surface area (Å²) in [4.78, 5) is 27.3. The zero-order chi connectivity index (χ0) is 22.0. The van der Waals surface area contributed by atoms with Crippen LogP contribution in [0.3, 0.4) is 0 Å². The molecule has 4 rings (SSSR count). The summed E-state index contributed by atoms with van der Waals surface area (Å²) in [6, 6.07) is 21.4. The molecule has 9 heteroatoms. The molecule has 0 saturated carbocycles. The molecule has 6 nitrogen and oxygen atoms in total. The number of rotatable bonds is 6. The van der Waals surface area contributed by atoms with Gasteiger partial charge in [0.25, 0.3) is 10.0 Å². The fourth-order valence-corrected chi connectivity index (χ4v) is 5.48. The van der Waals surface area contributed by atoms with Gasteiger partial charge in [0, 0.05) is 22.0 Å². The number of anilines is 2. The number of sulfonamides is 1. The number of amides is 2. The van der Waals surface area contributed by atoms with Crippen molar-refractivity contribution in [1.29, 1.82) is 0 Å². The summed E-state index contributed by atoms with van der Waals surface area (Å²) in [5, 5.41) is -0.110. The van der Waals surface area contributed by atoms with Crippen LogP contribution in [-0.4, -0.2) is 25.5 Å². The van der Waals surface area contributed by atoms with Gasteiger partial charge in [-0.1, -0.05) is 35.9 Å². The maximum absolute atomic E-state index is 12.8. The van der Waals surface area contributed by atoms with E-state index >= 15 is 0 Å².